The smallest absolute Gasteiger partial charge is 0.0635 e. The third-order valence-electron chi connectivity index (χ3n) is 2.11. The molecule has 2 nitrogen and oxygen atoms in total. The van der Waals surface area contributed by atoms with Crippen molar-refractivity contribution in [2.75, 3.05) is 6.61 Å². The predicted molar refractivity (Wildman–Crippen MR) is 61.0 cm³/mol. The van der Waals surface area contributed by atoms with Crippen molar-refractivity contribution < 1.29 is 4.74 Å². The van der Waals surface area contributed by atoms with E-state index in [-0.39, 0.29) is 11.1 Å². The maximum Gasteiger partial charge on any atom is 0.0635 e. The van der Waals surface area contributed by atoms with Crippen LogP contribution in [0.3, 0.4) is 0 Å². The second-order valence-corrected chi connectivity index (χ2v) is 5.05. The second-order valence-electron chi connectivity index (χ2n) is 5.05. The van der Waals surface area contributed by atoms with Gasteiger partial charge in [0.25, 0.3) is 0 Å². The Balaban J connectivity index is 3.72. The lowest BCUT2D eigenvalue weighted by Gasteiger charge is -2.27. The lowest BCUT2D eigenvalue weighted by Crippen LogP contribution is -2.35. The van der Waals surface area contributed by atoms with E-state index < -0.39 is 0 Å². The van der Waals surface area contributed by atoms with Crippen LogP contribution in [0.2, 0.25) is 0 Å². The van der Waals surface area contributed by atoms with Crippen molar-refractivity contribution in [3.8, 4) is 12.3 Å². The monoisotopic (exact) mass is 197 g/mol. The van der Waals surface area contributed by atoms with Gasteiger partial charge in [0.2, 0.25) is 0 Å². The molecule has 0 fully saturated rings. The first-order chi connectivity index (χ1) is 6.27. The summed E-state index contributed by atoms with van der Waals surface area (Å²) in [5.41, 5.74) is 5.57. The highest BCUT2D eigenvalue weighted by Gasteiger charge is 2.19. The summed E-state index contributed by atoms with van der Waals surface area (Å²) in [6, 6.07) is 0. The number of nitrogens with two attached hydrogens (primary N) is 1. The fourth-order valence-electron chi connectivity index (χ4n) is 1.04. The molecular formula is C12H23NO. The highest BCUT2D eigenvalue weighted by atomic mass is 16.5. The Labute approximate surface area is 88.2 Å². The maximum absolute atomic E-state index is 5.85. The van der Waals surface area contributed by atoms with Crippen LogP contribution in [0.5, 0.6) is 0 Å². The Bertz CT molecular complexity index is 195. The average Bonchev–Trinajstić information content (AvgIpc) is 1.98. The molecule has 0 amide bonds. The van der Waals surface area contributed by atoms with Crippen LogP contribution in [0.15, 0.2) is 0 Å². The number of hydrogen-bond acceptors (Lipinski definition) is 2. The molecule has 0 heterocycles. The van der Waals surface area contributed by atoms with Crippen molar-refractivity contribution in [1.29, 1.82) is 0 Å². The molecule has 0 saturated heterocycles. The zero-order chi connectivity index (χ0) is 11.2. The highest BCUT2D eigenvalue weighted by Crippen LogP contribution is 2.17. The van der Waals surface area contributed by atoms with Crippen LogP contribution in [-0.4, -0.2) is 17.7 Å². The number of rotatable bonds is 6. The minimum atomic E-state index is -0.151. The molecule has 2 N–H and O–H groups in total. The fraction of sp³-hybridized carbons (Fsp3) is 0.833. The van der Waals surface area contributed by atoms with E-state index in [9.17, 15) is 0 Å². The first-order valence-corrected chi connectivity index (χ1v) is 5.13. The molecule has 0 aliphatic heterocycles. The van der Waals surface area contributed by atoms with Crippen LogP contribution in [0.1, 0.15) is 47.0 Å². The summed E-state index contributed by atoms with van der Waals surface area (Å²) >= 11 is 0. The first kappa shape index (κ1) is 13.5. The molecule has 0 unspecified atom stereocenters. The molecule has 0 atom stereocenters. The Morgan fingerprint density at radius 1 is 1.21 bits per heavy atom. The summed E-state index contributed by atoms with van der Waals surface area (Å²) in [6.07, 6.45) is 7.74. The zero-order valence-electron chi connectivity index (χ0n) is 9.89. The fourth-order valence-corrected chi connectivity index (χ4v) is 1.04. The van der Waals surface area contributed by atoms with Crippen molar-refractivity contribution in [2.45, 2.75) is 58.1 Å². The van der Waals surface area contributed by atoms with E-state index in [1.54, 1.807) is 0 Å². The second kappa shape index (κ2) is 5.38. The number of hydrogen-bond donors (Lipinski definition) is 1. The number of terminal acetylenes is 1. The van der Waals surface area contributed by atoms with Gasteiger partial charge in [0.15, 0.2) is 0 Å². The molecule has 14 heavy (non-hydrogen) atoms. The van der Waals surface area contributed by atoms with Gasteiger partial charge in [-0.2, -0.15) is 0 Å². The van der Waals surface area contributed by atoms with Crippen molar-refractivity contribution in [2.24, 2.45) is 5.73 Å². The van der Waals surface area contributed by atoms with E-state index in [4.69, 9.17) is 16.9 Å². The largest absolute Gasteiger partial charge is 0.375 e. The summed E-state index contributed by atoms with van der Waals surface area (Å²) in [5.74, 6) is 2.63. The summed E-state index contributed by atoms with van der Waals surface area (Å²) in [7, 11) is 0. The van der Waals surface area contributed by atoms with Crippen molar-refractivity contribution >= 4 is 0 Å². The molecule has 0 aliphatic carbocycles. The Morgan fingerprint density at radius 3 is 2.21 bits per heavy atom. The third-order valence-corrected chi connectivity index (χ3v) is 2.11. The van der Waals surface area contributed by atoms with Gasteiger partial charge in [0, 0.05) is 18.6 Å². The molecule has 0 aromatic heterocycles. The lowest BCUT2D eigenvalue weighted by molar-refractivity contribution is -0.0280. The van der Waals surface area contributed by atoms with Crippen LogP contribution in [0, 0.1) is 12.3 Å². The summed E-state index contributed by atoms with van der Waals surface area (Å²) in [4.78, 5) is 0. The molecule has 0 aromatic carbocycles. The van der Waals surface area contributed by atoms with Gasteiger partial charge in [-0.15, -0.1) is 12.3 Å². The third kappa shape index (κ3) is 8.10. The molecule has 0 rings (SSSR count). The van der Waals surface area contributed by atoms with Crippen LogP contribution in [0.25, 0.3) is 0 Å². The molecular weight excluding hydrogens is 174 g/mol. The van der Waals surface area contributed by atoms with Gasteiger partial charge >= 0.3 is 0 Å². The van der Waals surface area contributed by atoms with Gasteiger partial charge < -0.3 is 10.5 Å². The number of ether oxygens (including phenoxy) is 1. The van der Waals surface area contributed by atoms with Gasteiger partial charge in [0.1, 0.15) is 0 Å². The van der Waals surface area contributed by atoms with Crippen LogP contribution in [0.4, 0.5) is 0 Å². The summed E-state index contributed by atoms with van der Waals surface area (Å²) < 4.78 is 5.73. The van der Waals surface area contributed by atoms with E-state index in [1.165, 1.54) is 0 Å². The lowest BCUT2D eigenvalue weighted by atomic mass is 10.0. The van der Waals surface area contributed by atoms with E-state index >= 15 is 0 Å². The van der Waals surface area contributed by atoms with Gasteiger partial charge in [-0.1, -0.05) is 0 Å². The molecule has 2 heteroatoms. The molecule has 0 radical (unpaired) electrons. The Hall–Kier alpha value is -0.520. The van der Waals surface area contributed by atoms with Crippen LogP contribution < -0.4 is 5.73 Å². The SMILES string of the molecule is C#CCCC(C)(C)OCCC(C)(C)N. The van der Waals surface area contributed by atoms with E-state index in [2.05, 4.69) is 19.8 Å². The zero-order valence-corrected chi connectivity index (χ0v) is 9.89. The molecule has 0 spiro atoms. The van der Waals surface area contributed by atoms with Gasteiger partial charge in [-0.25, -0.2) is 0 Å². The van der Waals surface area contributed by atoms with Crippen molar-refractivity contribution in [3.05, 3.63) is 0 Å². The predicted octanol–water partition coefficient (Wildman–Crippen LogP) is 2.32. The maximum atomic E-state index is 5.85. The van der Waals surface area contributed by atoms with Gasteiger partial charge in [0.05, 0.1) is 5.60 Å². The van der Waals surface area contributed by atoms with Crippen LogP contribution in [-0.2, 0) is 4.74 Å². The van der Waals surface area contributed by atoms with E-state index in [0.29, 0.717) is 6.61 Å². The minimum Gasteiger partial charge on any atom is -0.375 e. The quantitative estimate of drug-likeness (QED) is 0.663. The summed E-state index contributed by atoms with van der Waals surface area (Å²) in [5, 5.41) is 0. The molecule has 0 saturated carbocycles. The molecule has 0 aliphatic rings. The van der Waals surface area contributed by atoms with Crippen molar-refractivity contribution in [3.63, 3.8) is 0 Å². The Morgan fingerprint density at radius 2 is 1.79 bits per heavy atom. The first-order valence-electron chi connectivity index (χ1n) is 5.13. The molecule has 0 bridgehead atoms. The Kier molecular flexibility index (Phi) is 5.18. The molecule has 0 aromatic rings. The van der Waals surface area contributed by atoms with Gasteiger partial charge in [-0.05, 0) is 40.5 Å². The highest BCUT2D eigenvalue weighted by molar-refractivity contribution is 4.87. The topological polar surface area (TPSA) is 35.2 Å². The standard InChI is InChI=1S/C12H23NO/c1-6-7-8-12(4,5)14-10-9-11(2,3)13/h1H,7-10,13H2,2-5H3. The van der Waals surface area contributed by atoms with Gasteiger partial charge in [-0.3, -0.25) is 0 Å². The van der Waals surface area contributed by atoms with Crippen molar-refractivity contribution in [1.82, 2.24) is 0 Å². The van der Waals surface area contributed by atoms with Crippen LogP contribution >= 0.6 is 0 Å². The van der Waals surface area contributed by atoms with E-state index in [1.807, 2.05) is 13.8 Å². The minimum absolute atomic E-state index is 0.127. The summed E-state index contributed by atoms with van der Waals surface area (Å²) in [6.45, 7) is 8.83. The average molecular weight is 197 g/mol. The molecule has 82 valence electrons. The van der Waals surface area contributed by atoms with E-state index in [0.717, 1.165) is 19.3 Å². The normalized spacial score (nSPS) is 12.6.